The van der Waals surface area contributed by atoms with E-state index in [1.54, 1.807) is 0 Å². The van der Waals surface area contributed by atoms with E-state index in [0.29, 0.717) is 19.3 Å². The third-order valence-corrected chi connectivity index (χ3v) is 13.0. The van der Waals surface area contributed by atoms with E-state index in [-0.39, 0.29) is 44.0 Å². The number of hydrogen-bond acceptors (Lipinski definition) is 6. The summed E-state index contributed by atoms with van der Waals surface area (Å²) in [5, 5.41) is 0. The molecule has 0 bridgehead atoms. The van der Waals surface area contributed by atoms with Gasteiger partial charge in [-0.05, 0) is 96.3 Å². The molecule has 75 heavy (non-hydrogen) atoms. The third-order valence-electron chi connectivity index (χ3n) is 13.0. The zero-order valence-corrected chi connectivity index (χ0v) is 48.8. The van der Waals surface area contributed by atoms with Gasteiger partial charge in [-0.3, -0.25) is 14.4 Å². The van der Waals surface area contributed by atoms with Gasteiger partial charge in [0.2, 0.25) is 0 Å². The van der Waals surface area contributed by atoms with Gasteiger partial charge in [-0.1, -0.05) is 284 Å². The summed E-state index contributed by atoms with van der Waals surface area (Å²) in [5.41, 5.74) is 0. The standard InChI is InChI=1S/C69H114O6/c1-4-7-10-13-16-19-22-25-28-31-34-37-40-43-46-49-52-55-58-61-67(70)73-64-66(75-69(72)63-60-57-54-51-48-45-42-39-36-33-30-27-24-21-18-15-12-9-6-3)65-74-68(71)62-59-56-53-50-47-44-41-38-35-32-29-26-23-20-17-14-11-8-5-2/h16-17,19-20,25-26,28-29,34-35,37-38,43-44,46-47,52-53,55-56,66H,4-15,18,21-24,27,30-33,36,39-42,45,48-51,54,57-65H2,1-3H3/b19-16-,20-17-,28-25-,29-26-,37-34-,38-35-,46-43-,47-44-,55-52-,56-53-. The summed E-state index contributed by atoms with van der Waals surface area (Å²) in [5.74, 6) is -1.09. The summed E-state index contributed by atoms with van der Waals surface area (Å²) in [6.45, 7) is 6.47. The molecule has 0 spiro atoms. The number of carbonyl (C=O) groups excluding carboxylic acids is 3. The van der Waals surface area contributed by atoms with Gasteiger partial charge in [0.15, 0.2) is 6.10 Å². The molecule has 6 heteroatoms. The van der Waals surface area contributed by atoms with E-state index in [9.17, 15) is 14.4 Å². The number of carbonyl (C=O) groups is 3. The highest BCUT2D eigenvalue weighted by Crippen LogP contribution is 2.16. The average molecular weight is 1040 g/mol. The predicted molar refractivity (Wildman–Crippen MR) is 325 cm³/mol. The fraction of sp³-hybridized carbons (Fsp3) is 0.667. The molecule has 0 aromatic rings. The maximum absolute atomic E-state index is 12.9. The monoisotopic (exact) mass is 1040 g/mol. The first kappa shape index (κ1) is 70.8. The Labute approximate surface area is 462 Å². The first-order chi connectivity index (χ1) is 37.0. The SMILES string of the molecule is CCCCC/C=C\C/C=C\C/C=C\C/C=C\C/C=C\CCC(=O)OCC(COC(=O)CC/C=C\C/C=C\C/C=C\C/C=C\C/C=C\CCCCC)OC(=O)CCCCCCCCCCCCCCCCCCCCC. The van der Waals surface area contributed by atoms with Gasteiger partial charge < -0.3 is 14.2 Å². The lowest BCUT2D eigenvalue weighted by Crippen LogP contribution is -2.30. The number of allylic oxidation sites excluding steroid dienone is 20. The lowest BCUT2D eigenvalue weighted by atomic mass is 10.0. The van der Waals surface area contributed by atoms with Crippen LogP contribution in [0.4, 0.5) is 0 Å². The second kappa shape index (κ2) is 62.4. The minimum Gasteiger partial charge on any atom is -0.462 e. The molecular weight excluding hydrogens is 925 g/mol. The highest BCUT2D eigenvalue weighted by molar-refractivity contribution is 5.71. The lowest BCUT2D eigenvalue weighted by molar-refractivity contribution is -0.166. The summed E-state index contributed by atoms with van der Waals surface area (Å²) in [4.78, 5) is 38.2. The van der Waals surface area contributed by atoms with Crippen molar-refractivity contribution >= 4 is 17.9 Å². The summed E-state index contributed by atoms with van der Waals surface area (Å²) >= 11 is 0. The van der Waals surface area contributed by atoms with Crippen LogP contribution in [0.3, 0.4) is 0 Å². The number of hydrogen-bond donors (Lipinski definition) is 0. The Morgan fingerprint density at radius 1 is 0.267 bits per heavy atom. The summed E-state index contributed by atoms with van der Waals surface area (Å²) < 4.78 is 16.8. The van der Waals surface area contributed by atoms with E-state index in [1.165, 1.54) is 154 Å². The largest absolute Gasteiger partial charge is 0.462 e. The quantitative estimate of drug-likeness (QED) is 0.0261. The van der Waals surface area contributed by atoms with Crippen LogP contribution in [-0.4, -0.2) is 37.2 Å². The minimum absolute atomic E-state index is 0.141. The summed E-state index contributed by atoms with van der Waals surface area (Å²) in [6, 6.07) is 0. The number of unbranched alkanes of at least 4 members (excludes halogenated alkanes) is 24. The van der Waals surface area contributed by atoms with Crippen LogP contribution in [-0.2, 0) is 28.6 Å². The van der Waals surface area contributed by atoms with E-state index >= 15 is 0 Å². The molecule has 0 unspecified atom stereocenters. The maximum Gasteiger partial charge on any atom is 0.306 e. The fourth-order valence-electron chi connectivity index (χ4n) is 8.29. The van der Waals surface area contributed by atoms with Gasteiger partial charge in [-0.15, -0.1) is 0 Å². The fourth-order valence-corrected chi connectivity index (χ4v) is 8.29. The third kappa shape index (κ3) is 60.6. The van der Waals surface area contributed by atoms with Crippen LogP contribution in [0.1, 0.15) is 278 Å². The summed E-state index contributed by atoms with van der Waals surface area (Å²) in [6.07, 6.45) is 86.5. The van der Waals surface area contributed by atoms with E-state index in [2.05, 4.69) is 130 Å². The Morgan fingerprint density at radius 2 is 0.507 bits per heavy atom. The van der Waals surface area contributed by atoms with Crippen molar-refractivity contribution < 1.29 is 28.6 Å². The number of rotatable bonds is 55. The molecule has 0 aromatic heterocycles. The zero-order chi connectivity index (χ0) is 54.3. The van der Waals surface area contributed by atoms with Crippen LogP contribution in [0.15, 0.2) is 122 Å². The van der Waals surface area contributed by atoms with Gasteiger partial charge in [0.1, 0.15) is 13.2 Å². The van der Waals surface area contributed by atoms with Crippen LogP contribution >= 0.6 is 0 Å². The van der Waals surface area contributed by atoms with Gasteiger partial charge in [0.25, 0.3) is 0 Å². The maximum atomic E-state index is 12.9. The molecule has 0 amide bonds. The Balaban J connectivity index is 4.59. The molecule has 0 aliphatic carbocycles. The molecule has 0 rings (SSSR count). The molecule has 0 aliphatic rings. The van der Waals surface area contributed by atoms with E-state index in [1.807, 2.05) is 12.2 Å². The first-order valence-corrected chi connectivity index (χ1v) is 31.0. The van der Waals surface area contributed by atoms with Gasteiger partial charge in [0.05, 0.1) is 0 Å². The van der Waals surface area contributed by atoms with E-state index < -0.39 is 6.10 Å². The van der Waals surface area contributed by atoms with Crippen molar-refractivity contribution in [2.45, 2.75) is 284 Å². The van der Waals surface area contributed by atoms with Crippen LogP contribution < -0.4 is 0 Å². The van der Waals surface area contributed by atoms with Crippen molar-refractivity contribution in [3.05, 3.63) is 122 Å². The van der Waals surface area contributed by atoms with Crippen molar-refractivity contribution in [2.24, 2.45) is 0 Å². The summed E-state index contributed by atoms with van der Waals surface area (Å²) in [7, 11) is 0. The van der Waals surface area contributed by atoms with Gasteiger partial charge in [-0.2, -0.15) is 0 Å². The Bertz CT molecular complexity index is 1480. The highest BCUT2D eigenvalue weighted by atomic mass is 16.6. The molecular formula is C69H114O6. The minimum atomic E-state index is -0.841. The number of esters is 3. The normalized spacial score (nSPS) is 12.6. The molecule has 0 fully saturated rings. The van der Waals surface area contributed by atoms with Crippen molar-refractivity contribution in [3.63, 3.8) is 0 Å². The molecule has 0 heterocycles. The molecule has 0 saturated carbocycles. The van der Waals surface area contributed by atoms with Crippen molar-refractivity contribution in [1.82, 2.24) is 0 Å². The molecule has 426 valence electrons. The van der Waals surface area contributed by atoms with Gasteiger partial charge in [-0.25, -0.2) is 0 Å². The lowest BCUT2D eigenvalue weighted by Gasteiger charge is -2.18. The van der Waals surface area contributed by atoms with Crippen molar-refractivity contribution in [2.75, 3.05) is 13.2 Å². The predicted octanol–water partition coefficient (Wildman–Crippen LogP) is 21.2. The smallest absolute Gasteiger partial charge is 0.306 e. The van der Waals surface area contributed by atoms with E-state index in [0.717, 1.165) is 70.6 Å². The van der Waals surface area contributed by atoms with Crippen LogP contribution in [0, 0.1) is 0 Å². The van der Waals surface area contributed by atoms with Crippen LogP contribution in [0.25, 0.3) is 0 Å². The average Bonchev–Trinajstić information content (AvgIpc) is 3.41. The molecule has 6 nitrogen and oxygen atoms in total. The topological polar surface area (TPSA) is 78.9 Å². The van der Waals surface area contributed by atoms with Crippen molar-refractivity contribution in [1.29, 1.82) is 0 Å². The molecule has 0 N–H and O–H groups in total. The zero-order valence-electron chi connectivity index (χ0n) is 48.8. The molecule has 0 atom stereocenters. The molecule has 0 radical (unpaired) electrons. The van der Waals surface area contributed by atoms with Gasteiger partial charge >= 0.3 is 17.9 Å². The first-order valence-electron chi connectivity index (χ1n) is 31.0. The van der Waals surface area contributed by atoms with E-state index in [4.69, 9.17) is 14.2 Å². The molecule has 0 aromatic carbocycles. The Morgan fingerprint density at radius 3 is 0.800 bits per heavy atom. The van der Waals surface area contributed by atoms with Gasteiger partial charge in [0, 0.05) is 19.3 Å². The Hall–Kier alpha value is -4.19. The second-order valence-electron chi connectivity index (χ2n) is 20.3. The Kier molecular flexibility index (Phi) is 58.9. The van der Waals surface area contributed by atoms with Crippen LogP contribution in [0.2, 0.25) is 0 Å². The highest BCUT2D eigenvalue weighted by Gasteiger charge is 2.19. The molecule has 0 aliphatic heterocycles. The number of ether oxygens (including phenoxy) is 3. The van der Waals surface area contributed by atoms with Crippen molar-refractivity contribution in [3.8, 4) is 0 Å². The van der Waals surface area contributed by atoms with Crippen LogP contribution in [0.5, 0.6) is 0 Å². The molecule has 0 saturated heterocycles. The second-order valence-corrected chi connectivity index (χ2v) is 20.3.